The Labute approximate surface area is 111 Å². The third-order valence-corrected chi connectivity index (χ3v) is 3.90. The summed E-state index contributed by atoms with van der Waals surface area (Å²) >= 11 is 5.95. The molecule has 2 aliphatic rings. The van der Waals surface area contributed by atoms with Gasteiger partial charge in [-0.2, -0.15) is 5.10 Å². The molecule has 1 fully saturated rings. The number of benzene rings is 1. The first-order valence-corrected chi connectivity index (χ1v) is 6.41. The largest absolute Gasteiger partial charge is 0.272 e. The zero-order valence-electron chi connectivity index (χ0n) is 9.77. The van der Waals surface area contributed by atoms with Gasteiger partial charge in [0.25, 0.3) is 5.91 Å². The molecule has 3 rings (SSSR count). The van der Waals surface area contributed by atoms with E-state index < -0.39 is 0 Å². The second kappa shape index (κ2) is 4.58. The summed E-state index contributed by atoms with van der Waals surface area (Å²) < 4.78 is 0. The predicted octanol–water partition coefficient (Wildman–Crippen LogP) is 3.02. The van der Waals surface area contributed by atoms with Crippen molar-refractivity contribution in [3.63, 3.8) is 0 Å². The van der Waals surface area contributed by atoms with Crippen molar-refractivity contribution in [3.05, 3.63) is 47.0 Å². The van der Waals surface area contributed by atoms with E-state index in [4.69, 9.17) is 11.6 Å². The average molecular weight is 261 g/mol. The van der Waals surface area contributed by atoms with Gasteiger partial charge in [0.1, 0.15) is 0 Å². The second-order valence-electron chi connectivity index (χ2n) is 4.68. The van der Waals surface area contributed by atoms with Crippen LogP contribution in [0, 0.1) is 11.8 Å². The third kappa shape index (κ3) is 1.95. The number of carbonyl (C=O) groups is 1. The molecule has 1 aromatic rings. The standard InChI is InChI=1S/C14H13ClN2O/c15-12-7-2-1-5-11(12)14(18)17-16-13-8-9-4-3-6-10(9)13/h1-3,5-7,9-10H,4,8H2,(H,17,18)/b16-13-. The van der Waals surface area contributed by atoms with Crippen LogP contribution in [0.15, 0.2) is 41.5 Å². The number of amides is 1. The van der Waals surface area contributed by atoms with Crippen molar-refractivity contribution in [2.45, 2.75) is 12.8 Å². The number of nitrogens with zero attached hydrogens (tertiary/aromatic N) is 1. The molecule has 1 N–H and O–H groups in total. The Hall–Kier alpha value is -1.61. The molecule has 0 heterocycles. The maximum absolute atomic E-state index is 11.9. The van der Waals surface area contributed by atoms with Crippen molar-refractivity contribution < 1.29 is 4.79 Å². The van der Waals surface area contributed by atoms with Gasteiger partial charge < -0.3 is 0 Å². The molecule has 18 heavy (non-hydrogen) atoms. The van der Waals surface area contributed by atoms with Crippen LogP contribution in [-0.2, 0) is 0 Å². The normalized spacial score (nSPS) is 26.8. The maximum Gasteiger partial charge on any atom is 0.272 e. The zero-order valence-corrected chi connectivity index (χ0v) is 10.5. The molecular weight excluding hydrogens is 248 g/mol. The van der Waals surface area contributed by atoms with E-state index in [2.05, 4.69) is 22.7 Å². The first kappa shape index (κ1) is 11.5. The number of carbonyl (C=O) groups excluding carboxylic acids is 1. The fourth-order valence-electron chi connectivity index (χ4n) is 2.49. The molecule has 2 unspecified atom stereocenters. The van der Waals surface area contributed by atoms with E-state index in [0.29, 0.717) is 22.4 Å². The lowest BCUT2D eigenvalue weighted by Gasteiger charge is -2.31. The summed E-state index contributed by atoms with van der Waals surface area (Å²) in [6.07, 6.45) is 6.49. The van der Waals surface area contributed by atoms with Gasteiger partial charge in [-0.15, -0.1) is 0 Å². The van der Waals surface area contributed by atoms with Gasteiger partial charge in [0.05, 0.1) is 10.6 Å². The summed E-state index contributed by atoms with van der Waals surface area (Å²) in [5.41, 5.74) is 4.11. The van der Waals surface area contributed by atoms with Gasteiger partial charge in [0, 0.05) is 11.6 Å². The second-order valence-corrected chi connectivity index (χ2v) is 5.08. The highest BCUT2D eigenvalue weighted by Crippen LogP contribution is 2.40. The Morgan fingerprint density at radius 3 is 3.00 bits per heavy atom. The van der Waals surface area contributed by atoms with Crippen molar-refractivity contribution in [1.82, 2.24) is 5.43 Å². The Morgan fingerprint density at radius 1 is 1.39 bits per heavy atom. The van der Waals surface area contributed by atoms with E-state index in [1.54, 1.807) is 24.3 Å². The van der Waals surface area contributed by atoms with E-state index >= 15 is 0 Å². The van der Waals surface area contributed by atoms with Crippen LogP contribution < -0.4 is 5.43 Å². The first-order chi connectivity index (χ1) is 8.75. The van der Waals surface area contributed by atoms with Gasteiger partial charge in [-0.05, 0) is 30.9 Å². The Kier molecular flexibility index (Phi) is 2.92. The summed E-state index contributed by atoms with van der Waals surface area (Å²) in [6, 6.07) is 6.97. The molecule has 3 nitrogen and oxygen atoms in total. The number of halogens is 1. The molecule has 4 heteroatoms. The third-order valence-electron chi connectivity index (χ3n) is 3.57. The molecule has 0 spiro atoms. The molecule has 2 aliphatic carbocycles. The maximum atomic E-state index is 11.9. The fourth-order valence-corrected chi connectivity index (χ4v) is 2.71. The smallest absolute Gasteiger partial charge is 0.267 e. The quantitative estimate of drug-likeness (QED) is 0.645. The molecule has 0 bridgehead atoms. The SMILES string of the molecule is O=C(N/N=C1/CC2CC=CC12)c1ccccc1Cl. The molecule has 0 aliphatic heterocycles. The number of hydrogen-bond donors (Lipinski definition) is 1. The Balaban J connectivity index is 1.67. The van der Waals surface area contributed by atoms with Crippen molar-refractivity contribution in [2.24, 2.45) is 16.9 Å². The van der Waals surface area contributed by atoms with E-state index in [0.717, 1.165) is 18.6 Å². The highest BCUT2D eigenvalue weighted by atomic mass is 35.5. The average Bonchev–Trinajstić information content (AvgIpc) is 2.71. The summed E-state index contributed by atoms with van der Waals surface area (Å²) in [6.45, 7) is 0. The molecule has 1 aromatic carbocycles. The van der Waals surface area contributed by atoms with Crippen molar-refractivity contribution in [1.29, 1.82) is 0 Å². The topological polar surface area (TPSA) is 41.5 Å². The lowest BCUT2D eigenvalue weighted by Crippen LogP contribution is -2.35. The Bertz CT molecular complexity index is 550. The van der Waals surface area contributed by atoms with Crippen LogP contribution >= 0.6 is 11.6 Å². The number of hydrogen-bond acceptors (Lipinski definition) is 2. The van der Waals surface area contributed by atoms with E-state index in [-0.39, 0.29) is 5.91 Å². The zero-order chi connectivity index (χ0) is 12.5. The monoisotopic (exact) mass is 260 g/mol. The summed E-state index contributed by atoms with van der Waals surface area (Å²) in [5.74, 6) is 0.899. The number of nitrogens with one attached hydrogen (secondary N) is 1. The minimum absolute atomic E-state index is 0.251. The summed E-state index contributed by atoms with van der Waals surface area (Å²) in [5, 5.41) is 4.64. The fraction of sp³-hybridized carbons (Fsp3) is 0.286. The van der Waals surface area contributed by atoms with Gasteiger partial charge >= 0.3 is 0 Å². The van der Waals surface area contributed by atoms with E-state index in [1.807, 2.05) is 0 Å². The minimum atomic E-state index is -0.251. The van der Waals surface area contributed by atoms with Crippen LogP contribution in [0.5, 0.6) is 0 Å². The highest BCUT2D eigenvalue weighted by Gasteiger charge is 2.37. The van der Waals surface area contributed by atoms with Gasteiger partial charge in [-0.3, -0.25) is 4.79 Å². The lowest BCUT2D eigenvalue weighted by molar-refractivity contribution is 0.0954. The van der Waals surface area contributed by atoms with E-state index in [1.165, 1.54) is 0 Å². The number of hydrazone groups is 1. The van der Waals surface area contributed by atoms with Crippen LogP contribution in [0.1, 0.15) is 23.2 Å². The summed E-state index contributed by atoms with van der Waals surface area (Å²) in [7, 11) is 0. The van der Waals surface area contributed by atoms with E-state index in [9.17, 15) is 4.79 Å². The first-order valence-electron chi connectivity index (χ1n) is 6.03. The van der Waals surface area contributed by atoms with Gasteiger partial charge in [-0.1, -0.05) is 35.9 Å². The predicted molar refractivity (Wildman–Crippen MR) is 71.7 cm³/mol. The van der Waals surface area contributed by atoms with Crippen LogP contribution in [0.3, 0.4) is 0 Å². The molecule has 0 saturated heterocycles. The Morgan fingerprint density at radius 2 is 2.22 bits per heavy atom. The molecule has 1 amide bonds. The molecule has 0 aromatic heterocycles. The molecule has 0 radical (unpaired) electrons. The van der Waals surface area contributed by atoms with Gasteiger partial charge in [-0.25, -0.2) is 5.43 Å². The number of rotatable bonds is 2. The minimum Gasteiger partial charge on any atom is -0.267 e. The lowest BCUT2D eigenvalue weighted by atomic mass is 9.74. The van der Waals surface area contributed by atoms with Crippen LogP contribution in [-0.4, -0.2) is 11.6 Å². The van der Waals surface area contributed by atoms with Gasteiger partial charge in [0.15, 0.2) is 0 Å². The molecule has 1 saturated carbocycles. The van der Waals surface area contributed by atoms with Crippen LogP contribution in [0.25, 0.3) is 0 Å². The van der Waals surface area contributed by atoms with Gasteiger partial charge in [0.2, 0.25) is 0 Å². The number of allylic oxidation sites excluding steroid dienone is 2. The highest BCUT2D eigenvalue weighted by molar-refractivity contribution is 6.33. The summed E-state index contributed by atoms with van der Waals surface area (Å²) in [4.78, 5) is 11.9. The van der Waals surface area contributed by atoms with Crippen LogP contribution in [0.2, 0.25) is 5.02 Å². The van der Waals surface area contributed by atoms with Crippen molar-refractivity contribution in [3.8, 4) is 0 Å². The van der Waals surface area contributed by atoms with Crippen LogP contribution in [0.4, 0.5) is 0 Å². The van der Waals surface area contributed by atoms with Crippen molar-refractivity contribution >= 4 is 23.2 Å². The number of fused-ring (bicyclic) bond motifs is 1. The molecule has 2 atom stereocenters. The van der Waals surface area contributed by atoms with Crippen molar-refractivity contribution in [2.75, 3.05) is 0 Å². The molecule has 92 valence electrons. The molecular formula is C14H13ClN2O.